The third-order valence-corrected chi connectivity index (χ3v) is 3.76. The molecule has 116 valence electrons. The number of benzene rings is 2. The molecule has 0 aliphatic carbocycles. The van der Waals surface area contributed by atoms with Gasteiger partial charge in [0, 0.05) is 22.6 Å². The number of nitrogens with one attached hydrogen (secondary N) is 1. The summed E-state index contributed by atoms with van der Waals surface area (Å²) in [6.45, 7) is 2.17. The number of halogens is 2. The average Bonchev–Trinajstić information content (AvgIpc) is 2.53. The lowest BCUT2D eigenvalue weighted by atomic mass is 10.1. The minimum atomic E-state index is -0.394. The van der Waals surface area contributed by atoms with Crippen molar-refractivity contribution in [2.45, 2.75) is 13.5 Å². The Hall–Kier alpha value is -2.46. The maximum absolute atomic E-state index is 13.5. The highest BCUT2D eigenvalue weighted by atomic mass is 35.5. The summed E-state index contributed by atoms with van der Waals surface area (Å²) in [4.78, 5) is 16.8. The molecule has 0 unspecified atom stereocenters. The molecule has 0 bridgehead atoms. The van der Waals surface area contributed by atoms with E-state index in [-0.39, 0.29) is 5.91 Å². The standard InChI is InChI=1S/C18H14ClFN2O/c1-11-8-16(15-9-14(20)6-7-17(15)22-11)18(23)21-10-12-2-4-13(19)5-3-12/h2-9H,10H2,1H3,(H,21,23). The molecule has 3 nitrogen and oxygen atoms in total. The summed E-state index contributed by atoms with van der Waals surface area (Å²) in [7, 11) is 0. The number of nitrogens with zero attached hydrogens (tertiary/aromatic N) is 1. The van der Waals surface area contributed by atoms with E-state index in [2.05, 4.69) is 10.3 Å². The topological polar surface area (TPSA) is 42.0 Å². The van der Waals surface area contributed by atoms with E-state index >= 15 is 0 Å². The van der Waals surface area contributed by atoms with E-state index in [4.69, 9.17) is 11.6 Å². The molecule has 5 heteroatoms. The van der Waals surface area contributed by atoms with Gasteiger partial charge in [-0.05, 0) is 48.9 Å². The fraction of sp³-hybridized carbons (Fsp3) is 0.111. The Bertz CT molecular complexity index is 878. The quantitative estimate of drug-likeness (QED) is 0.780. The maximum Gasteiger partial charge on any atom is 0.252 e. The van der Waals surface area contributed by atoms with Crippen molar-refractivity contribution in [3.8, 4) is 0 Å². The van der Waals surface area contributed by atoms with Gasteiger partial charge in [0.2, 0.25) is 0 Å². The van der Waals surface area contributed by atoms with E-state index in [0.717, 1.165) is 5.56 Å². The van der Waals surface area contributed by atoms with Gasteiger partial charge in [0.05, 0.1) is 11.1 Å². The summed E-state index contributed by atoms with van der Waals surface area (Å²) in [6.07, 6.45) is 0. The first-order valence-electron chi connectivity index (χ1n) is 7.12. The van der Waals surface area contributed by atoms with Crippen molar-refractivity contribution in [2.75, 3.05) is 0 Å². The van der Waals surface area contributed by atoms with Gasteiger partial charge in [-0.2, -0.15) is 0 Å². The first kappa shape index (κ1) is 15.4. The fourth-order valence-corrected chi connectivity index (χ4v) is 2.52. The molecule has 1 amide bonds. The molecule has 0 spiro atoms. The van der Waals surface area contributed by atoms with Gasteiger partial charge in [-0.1, -0.05) is 23.7 Å². The Morgan fingerprint density at radius 2 is 1.91 bits per heavy atom. The van der Waals surface area contributed by atoms with Crippen molar-refractivity contribution < 1.29 is 9.18 Å². The van der Waals surface area contributed by atoms with Gasteiger partial charge < -0.3 is 5.32 Å². The first-order chi connectivity index (χ1) is 11.0. The Morgan fingerprint density at radius 1 is 1.17 bits per heavy atom. The molecule has 0 aliphatic heterocycles. The molecule has 0 aliphatic rings. The van der Waals surface area contributed by atoms with Crippen molar-refractivity contribution in [2.24, 2.45) is 0 Å². The summed E-state index contributed by atoms with van der Waals surface area (Å²) < 4.78 is 13.5. The fourth-order valence-electron chi connectivity index (χ4n) is 2.40. The summed E-state index contributed by atoms with van der Waals surface area (Å²) in [5.74, 6) is -0.657. The van der Waals surface area contributed by atoms with Gasteiger partial charge in [0.15, 0.2) is 0 Å². The van der Waals surface area contributed by atoms with Crippen molar-refractivity contribution in [1.29, 1.82) is 0 Å². The smallest absolute Gasteiger partial charge is 0.252 e. The van der Waals surface area contributed by atoms with Crippen LogP contribution in [0.2, 0.25) is 5.02 Å². The van der Waals surface area contributed by atoms with Crippen molar-refractivity contribution in [3.05, 3.63) is 76.2 Å². The number of carbonyl (C=O) groups is 1. The van der Waals surface area contributed by atoms with E-state index in [1.807, 2.05) is 12.1 Å². The van der Waals surface area contributed by atoms with Crippen molar-refractivity contribution in [1.82, 2.24) is 10.3 Å². The second kappa shape index (κ2) is 6.34. The highest BCUT2D eigenvalue weighted by Gasteiger charge is 2.12. The van der Waals surface area contributed by atoms with E-state index in [0.29, 0.717) is 33.7 Å². The van der Waals surface area contributed by atoms with E-state index in [1.54, 1.807) is 31.2 Å². The lowest BCUT2D eigenvalue weighted by molar-refractivity contribution is 0.0952. The summed E-state index contributed by atoms with van der Waals surface area (Å²) in [6, 6.07) is 13.1. The number of rotatable bonds is 3. The van der Waals surface area contributed by atoms with Gasteiger partial charge >= 0.3 is 0 Å². The summed E-state index contributed by atoms with van der Waals surface area (Å²) in [5.41, 5.74) is 2.66. The molecule has 3 aromatic rings. The summed E-state index contributed by atoms with van der Waals surface area (Å²) >= 11 is 5.84. The number of amides is 1. The van der Waals surface area contributed by atoms with E-state index in [9.17, 15) is 9.18 Å². The number of fused-ring (bicyclic) bond motifs is 1. The van der Waals surface area contributed by atoms with Crippen LogP contribution in [0.5, 0.6) is 0 Å². The van der Waals surface area contributed by atoms with Crippen LogP contribution >= 0.6 is 11.6 Å². The van der Waals surface area contributed by atoms with E-state index < -0.39 is 5.82 Å². The van der Waals surface area contributed by atoms with Crippen LogP contribution in [-0.4, -0.2) is 10.9 Å². The van der Waals surface area contributed by atoms with E-state index in [1.165, 1.54) is 12.1 Å². The normalized spacial score (nSPS) is 10.7. The molecule has 0 atom stereocenters. The van der Waals surface area contributed by atoms with Gasteiger partial charge in [0.1, 0.15) is 5.82 Å². The Morgan fingerprint density at radius 3 is 2.65 bits per heavy atom. The van der Waals surface area contributed by atoms with Crippen LogP contribution in [0.3, 0.4) is 0 Å². The molecule has 0 saturated heterocycles. The van der Waals surface area contributed by atoms with Gasteiger partial charge in [-0.25, -0.2) is 4.39 Å². The SMILES string of the molecule is Cc1cc(C(=O)NCc2ccc(Cl)cc2)c2cc(F)ccc2n1. The largest absolute Gasteiger partial charge is 0.348 e. The van der Waals surface area contributed by atoms with Gasteiger partial charge in [-0.3, -0.25) is 9.78 Å². The van der Waals surface area contributed by atoms with Crippen LogP contribution in [-0.2, 0) is 6.54 Å². The zero-order chi connectivity index (χ0) is 16.4. The highest BCUT2D eigenvalue weighted by Crippen LogP contribution is 2.20. The average molecular weight is 329 g/mol. The molecular formula is C18H14ClFN2O. The van der Waals surface area contributed by atoms with Crippen LogP contribution in [0.25, 0.3) is 10.9 Å². The third-order valence-electron chi connectivity index (χ3n) is 3.51. The highest BCUT2D eigenvalue weighted by molar-refractivity contribution is 6.30. The third kappa shape index (κ3) is 3.48. The molecule has 23 heavy (non-hydrogen) atoms. The Labute approximate surface area is 138 Å². The predicted octanol–water partition coefficient (Wildman–Crippen LogP) is 4.27. The first-order valence-corrected chi connectivity index (χ1v) is 7.50. The number of aromatic nitrogens is 1. The summed E-state index contributed by atoms with van der Waals surface area (Å²) in [5, 5.41) is 3.99. The molecule has 0 saturated carbocycles. The molecule has 1 N–H and O–H groups in total. The lowest BCUT2D eigenvalue weighted by Gasteiger charge is -2.09. The molecule has 1 heterocycles. The number of aryl methyl sites for hydroxylation is 1. The zero-order valence-corrected chi connectivity index (χ0v) is 13.2. The van der Waals surface area contributed by atoms with Crippen LogP contribution in [0.1, 0.15) is 21.6 Å². The Kier molecular flexibility index (Phi) is 4.26. The zero-order valence-electron chi connectivity index (χ0n) is 12.4. The molecule has 3 rings (SSSR count). The van der Waals surface area contributed by atoms with Crippen LogP contribution in [0.4, 0.5) is 4.39 Å². The monoisotopic (exact) mass is 328 g/mol. The Balaban J connectivity index is 1.88. The maximum atomic E-state index is 13.5. The van der Waals surface area contributed by atoms with Crippen LogP contribution in [0.15, 0.2) is 48.5 Å². The molecule has 0 fully saturated rings. The number of hydrogen-bond acceptors (Lipinski definition) is 2. The lowest BCUT2D eigenvalue weighted by Crippen LogP contribution is -2.23. The van der Waals surface area contributed by atoms with Gasteiger partial charge in [0.25, 0.3) is 5.91 Å². The molecule has 1 aromatic heterocycles. The second-order valence-corrected chi connectivity index (χ2v) is 5.72. The minimum absolute atomic E-state index is 0.263. The van der Waals surface area contributed by atoms with Crippen LogP contribution < -0.4 is 5.32 Å². The van der Waals surface area contributed by atoms with Gasteiger partial charge in [-0.15, -0.1) is 0 Å². The van der Waals surface area contributed by atoms with Crippen molar-refractivity contribution >= 4 is 28.4 Å². The molecule has 0 radical (unpaired) electrons. The van der Waals surface area contributed by atoms with Crippen LogP contribution in [0, 0.1) is 12.7 Å². The molecular weight excluding hydrogens is 315 g/mol. The van der Waals surface area contributed by atoms with Crippen molar-refractivity contribution in [3.63, 3.8) is 0 Å². The predicted molar refractivity (Wildman–Crippen MR) is 89.1 cm³/mol. The second-order valence-electron chi connectivity index (χ2n) is 5.28. The number of carbonyl (C=O) groups excluding carboxylic acids is 1. The minimum Gasteiger partial charge on any atom is -0.348 e. The molecule has 2 aromatic carbocycles. The number of pyridine rings is 1. The number of hydrogen-bond donors (Lipinski definition) is 1.